The molecule has 1 aromatic rings. The summed E-state index contributed by atoms with van der Waals surface area (Å²) < 4.78 is 1.78. The molecule has 1 N–H and O–H groups in total. The number of aliphatic hydroxyl groups is 1. The first kappa shape index (κ1) is 8.97. The van der Waals surface area contributed by atoms with Gasteiger partial charge in [0.2, 0.25) is 0 Å². The summed E-state index contributed by atoms with van der Waals surface area (Å²) in [6.45, 7) is 0.919. The number of hydrogen-bond donors (Lipinski definition) is 1. The summed E-state index contributed by atoms with van der Waals surface area (Å²) >= 11 is 5.49. The maximum Gasteiger partial charge on any atom is 0.113 e. The second kappa shape index (κ2) is 3.64. The molecule has 0 radical (unpaired) electrons. The standard InChI is InChI=1S/C8H12ClN3O/c9-3-8(13)7-5-12(11-10-7)4-6-1-2-6/h5-6,8,13H,1-4H2. The van der Waals surface area contributed by atoms with E-state index in [-0.39, 0.29) is 5.88 Å². The van der Waals surface area contributed by atoms with Crippen LogP contribution >= 0.6 is 11.6 Å². The van der Waals surface area contributed by atoms with E-state index in [1.165, 1.54) is 12.8 Å². The first-order valence-electron chi connectivity index (χ1n) is 4.43. The van der Waals surface area contributed by atoms with Gasteiger partial charge in [-0.1, -0.05) is 5.21 Å². The highest BCUT2D eigenvalue weighted by atomic mass is 35.5. The topological polar surface area (TPSA) is 50.9 Å². The van der Waals surface area contributed by atoms with E-state index in [9.17, 15) is 5.11 Å². The largest absolute Gasteiger partial charge is 0.385 e. The van der Waals surface area contributed by atoms with Gasteiger partial charge in [-0.05, 0) is 18.8 Å². The third kappa shape index (κ3) is 2.19. The number of aliphatic hydroxyl groups excluding tert-OH is 1. The molecule has 0 bridgehead atoms. The third-order valence-electron chi connectivity index (χ3n) is 2.19. The van der Waals surface area contributed by atoms with Crippen LogP contribution in [0, 0.1) is 5.92 Å². The third-order valence-corrected chi connectivity index (χ3v) is 2.48. The minimum atomic E-state index is -0.686. The Labute approximate surface area is 81.5 Å². The Hall–Kier alpha value is -0.610. The van der Waals surface area contributed by atoms with Crippen molar-refractivity contribution in [3.63, 3.8) is 0 Å². The monoisotopic (exact) mass is 201 g/mol. The zero-order chi connectivity index (χ0) is 9.26. The summed E-state index contributed by atoms with van der Waals surface area (Å²) in [6, 6.07) is 0. The van der Waals surface area contributed by atoms with Crippen molar-refractivity contribution in [2.75, 3.05) is 5.88 Å². The van der Waals surface area contributed by atoms with Gasteiger partial charge in [-0.3, -0.25) is 4.68 Å². The van der Waals surface area contributed by atoms with Crippen LogP contribution in [0.1, 0.15) is 24.6 Å². The quantitative estimate of drug-likeness (QED) is 0.739. The van der Waals surface area contributed by atoms with Crippen LogP contribution in [0.3, 0.4) is 0 Å². The Balaban J connectivity index is 1.99. The SMILES string of the molecule is OC(CCl)c1cn(CC2CC2)nn1. The maximum atomic E-state index is 9.34. The average Bonchev–Trinajstić information content (AvgIpc) is 2.81. The van der Waals surface area contributed by atoms with Crippen LogP contribution in [-0.4, -0.2) is 26.0 Å². The minimum absolute atomic E-state index is 0.169. The summed E-state index contributed by atoms with van der Waals surface area (Å²) in [5.74, 6) is 0.935. The van der Waals surface area contributed by atoms with E-state index in [0.29, 0.717) is 5.69 Å². The fourth-order valence-electron chi connectivity index (χ4n) is 1.20. The maximum absolute atomic E-state index is 9.34. The van der Waals surface area contributed by atoms with Gasteiger partial charge in [-0.15, -0.1) is 16.7 Å². The Morgan fingerprint density at radius 3 is 3.08 bits per heavy atom. The normalized spacial score (nSPS) is 18.9. The van der Waals surface area contributed by atoms with Gasteiger partial charge in [0.25, 0.3) is 0 Å². The number of aromatic nitrogens is 3. The first-order chi connectivity index (χ1) is 6.29. The molecule has 1 heterocycles. The summed E-state index contributed by atoms with van der Waals surface area (Å²) in [5, 5.41) is 17.1. The lowest BCUT2D eigenvalue weighted by Gasteiger charge is -1.99. The highest BCUT2D eigenvalue weighted by molar-refractivity contribution is 6.18. The molecule has 1 aliphatic carbocycles. The van der Waals surface area contributed by atoms with E-state index in [0.717, 1.165) is 12.5 Å². The van der Waals surface area contributed by atoms with Crippen molar-refractivity contribution < 1.29 is 5.11 Å². The Bertz CT molecular complexity index is 285. The molecule has 0 saturated heterocycles. The fourth-order valence-corrected chi connectivity index (χ4v) is 1.36. The Morgan fingerprint density at radius 1 is 1.69 bits per heavy atom. The second-order valence-corrected chi connectivity index (χ2v) is 3.79. The molecule has 5 heteroatoms. The minimum Gasteiger partial charge on any atom is -0.385 e. The predicted molar refractivity (Wildman–Crippen MR) is 48.4 cm³/mol. The molecule has 0 amide bonds. The average molecular weight is 202 g/mol. The number of alkyl halides is 1. The van der Waals surface area contributed by atoms with Crippen molar-refractivity contribution in [3.8, 4) is 0 Å². The van der Waals surface area contributed by atoms with Gasteiger partial charge in [0.05, 0.1) is 12.1 Å². The van der Waals surface area contributed by atoms with E-state index in [2.05, 4.69) is 10.3 Å². The van der Waals surface area contributed by atoms with Gasteiger partial charge in [0.15, 0.2) is 0 Å². The molecule has 1 unspecified atom stereocenters. The molecule has 2 rings (SSSR count). The molecule has 1 aromatic heterocycles. The molecule has 1 aliphatic rings. The molecular formula is C8H12ClN3O. The molecule has 1 atom stereocenters. The van der Waals surface area contributed by atoms with Crippen molar-refractivity contribution in [1.29, 1.82) is 0 Å². The van der Waals surface area contributed by atoms with Gasteiger partial charge in [-0.2, -0.15) is 0 Å². The van der Waals surface area contributed by atoms with E-state index in [1.807, 2.05) is 0 Å². The van der Waals surface area contributed by atoms with Crippen molar-refractivity contribution in [1.82, 2.24) is 15.0 Å². The summed E-state index contributed by atoms with van der Waals surface area (Å²) in [6.07, 6.45) is 3.65. The van der Waals surface area contributed by atoms with Gasteiger partial charge in [-0.25, -0.2) is 0 Å². The van der Waals surface area contributed by atoms with Gasteiger partial charge < -0.3 is 5.11 Å². The zero-order valence-electron chi connectivity index (χ0n) is 7.23. The van der Waals surface area contributed by atoms with E-state index in [1.54, 1.807) is 10.9 Å². The van der Waals surface area contributed by atoms with Crippen molar-refractivity contribution >= 4 is 11.6 Å². The number of nitrogens with zero attached hydrogens (tertiary/aromatic N) is 3. The van der Waals surface area contributed by atoms with E-state index in [4.69, 9.17) is 11.6 Å². The van der Waals surface area contributed by atoms with Crippen LogP contribution < -0.4 is 0 Å². The molecule has 1 saturated carbocycles. The fraction of sp³-hybridized carbons (Fsp3) is 0.750. The van der Waals surface area contributed by atoms with E-state index >= 15 is 0 Å². The zero-order valence-corrected chi connectivity index (χ0v) is 7.98. The molecule has 4 nitrogen and oxygen atoms in total. The van der Waals surface area contributed by atoms with Crippen LogP contribution in [0.15, 0.2) is 6.20 Å². The van der Waals surface area contributed by atoms with Crippen molar-refractivity contribution in [2.45, 2.75) is 25.5 Å². The number of hydrogen-bond acceptors (Lipinski definition) is 3. The molecular weight excluding hydrogens is 190 g/mol. The van der Waals surface area contributed by atoms with Crippen molar-refractivity contribution in [2.24, 2.45) is 5.92 Å². The summed E-state index contributed by atoms with van der Waals surface area (Å²) in [5.41, 5.74) is 0.565. The Kier molecular flexibility index (Phi) is 2.51. The second-order valence-electron chi connectivity index (χ2n) is 3.48. The predicted octanol–water partition coefficient (Wildman–Crippen LogP) is 0.960. The van der Waals surface area contributed by atoms with Gasteiger partial charge in [0.1, 0.15) is 11.8 Å². The van der Waals surface area contributed by atoms with E-state index < -0.39 is 6.10 Å². The van der Waals surface area contributed by atoms with Gasteiger partial charge in [0, 0.05) is 6.54 Å². The first-order valence-corrected chi connectivity index (χ1v) is 4.97. The highest BCUT2D eigenvalue weighted by Crippen LogP contribution is 2.30. The molecule has 13 heavy (non-hydrogen) atoms. The summed E-state index contributed by atoms with van der Waals surface area (Å²) in [4.78, 5) is 0. The number of rotatable bonds is 4. The van der Waals surface area contributed by atoms with Crippen LogP contribution in [0.5, 0.6) is 0 Å². The van der Waals surface area contributed by atoms with Crippen LogP contribution in [-0.2, 0) is 6.54 Å². The van der Waals surface area contributed by atoms with Crippen LogP contribution in [0.25, 0.3) is 0 Å². The smallest absolute Gasteiger partial charge is 0.113 e. The Morgan fingerprint density at radius 2 is 2.46 bits per heavy atom. The van der Waals surface area contributed by atoms with Gasteiger partial charge >= 0.3 is 0 Å². The van der Waals surface area contributed by atoms with Crippen LogP contribution in [0.4, 0.5) is 0 Å². The molecule has 1 fully saturated rings. The molecule has 0 aliphatic heterocycles. The summed E-state index contributed by atoms with van der Waals surface area (Å²) in [7, 11) is 0. The highest BCUT2D eigenvalue weighted by Gasteiger charge is 2.22. The number of halogens is 1. The lowest BCUT2D eigenvalue weighted by molar-refractivity contribution is 0.197. The molecule has 72 valence electrons. The van der Waals surface area contributed by atoms with Crippen LogP contribution in [0.2, 0.25) is 0 Å². The lowest BCUT2D eigenvalue weighted by Crippen LogP contribution is -2.00. The lowest BCUT2D eigenvalue weighted by atomic mass is 10.3. The van der Waals surface area contributed by atoms with Crippen molar-refractivity contribution in [3.05, 3.63) is 11.9 Å². The molecule has 0 spiro atoms. The molecule has 0 aromatic carbocycles.